The van der Waals surface area contributed by atoms with Crippen LogP contribution >= 0.6 is 0 Å². The summed E-state index contributed by atoms with van der Waals surface area (Å²) in [7, 11) is 1.65. The first kappa shape index (κ1) is 16.3. The van der Waals surface area contributed by atoms with Crippen LogP contribution in [0.2, 0.25) is 0 Å². The number of rotatable bonds is 5. The third-order valence-corrected chi connectivity index (χ3v) is 4.20. The second kappa shape index (κ2) is 6.59. The smallest absolute Gasteiger partial charge is 0.231 e. The van der Waals surface area contributed by atoms with Gasteiger partial charge in [-0.05, 0) is 49.7 Å². The number of nitrogens with zero attached hydrogens (tertiary/aromatic N) is 5. The number of ether oxygens (including phenoxy) is 1. The Labute approximate surface area is 150 Å². The third kappa shape index (κ3) is 3.03. The fraction of sp³-hybridized carbons (Fsp3) is 0.263. The van der Waals surface area contributed by atoms with Crippen LogP contribution in [0.5, 0.6) is 5.75 Å². The van der Waals surface area contributed by atoms with Gasteiger partial charge in [-0.15, -0.1) is 5.10 Å². The second-order valence-corrected chi connectivity index (χ2v) is 6.37. The van der Waals surface area contributed by atoms with Crippen molar-refractivity contribution in [3.8, 4) is 17.1 Å². The Bertz CT molecular complexity index is 1030. The van der Waals surface area contributed by atoms with Crippen LogP contribution in [-0.4, -0.2) is 32.2 Å². The molecule has 0 aliphatic carbocycles. The van der Waals surface area contributed by atoms with Crippen LogP contribution in [0.15, 0.2) is 47.0 Å². The van der Waals surface area contributed by atoms with Crippen molar-refractivity contribution in [2.24, 2.45) is 0 Å². The van der Waals surface area contributed by atoms with Crippen LogP contribution in [0.4, 0.5) is 0 Å². The molecule has 7 heteroatoms. The van der Waals surface area contributed by atoms with E-state index in [1.165, 1.54) is 0 Å². The molecule has 26 heavy (non-hydrogen) atoms. The number of hydrogen-bond donors (Lipinski definition) is 0. The quantitative estimate of drug-likeness (QED) is 0.547. The van der Waals surface area contributed by atoms with E-state index in [0.29, 0.717) is 18.1 Å². The van der Waals surface area contributed by atoms with Gasteiger partial charge < -0.3 is 9.26 Å². The van der Waals surface area contributed by atoms with Crippen molar-refractivity contribution in [3.63, 3.8) is 0 Å². The Morgan fingerprint density at radius 1 is 1.12 bits per heavy atom. The molecule has 0 N–H and O–H groups in total. The molecule has 0 atom stereocenters. The van der Waals surface area contributed by atoms with Crippen LogP contribution in [-0.2, 0) is 6.42 Å². The predicted molar refractivity (Wildman–Crippen MR) is 97.0 cm³/mol. The minimum atomic E-state index is 0.228. The van der Waals surface area contributed by atoms with E-state index in [4.69, 9.17) is 9.26 Å². The topological polar surface area (TPSA) is 78.9 Å². The van der Waals surface area contributed by atoms with Gasteiger partial charge in [0.2, 0.25) is 11.7 Å². The average Bonchev–Trinajstić information content (AvgIpc) is 3.28. The zero-order valence-electron chi connectivity index (χ0n) is 14.9. The Hall–Kier alpha value is -3.22. The number of aromatic nitrogens is 5. The molecular formula is C19H19N5O2. The molecule has 2 aromatic heterocycles. The molecule has 0 saturated heterocycles. The van der Waals surface area contributed by atoms with Gasteiger partial charge >= 0.3 is 0 Å². The van der Waals surface area contributed by atoms with E-state index in [1.807, 2.05) is 47.1 Å². The summed E-state index contributed by atoms with van der Waals surface area (Å²) in [4.78, 5) is 4.52. The molecule has 0 bridgehead atoms. The summed E-state index contributed by atoms with van der Waals surface area (Å²) < 4.78 is 12.5. The Balaban J connectivity index is 1.60. The van der Waals surface area contributed by atoms with Gasteiger partial charge in [0, 0.05) is 11.6 Å². The lowest BCUT2D eigenvalue weighted by Crippen LogP contribution is -2.02. The summed E-state index contributed by atoms with van der Waals surface area (Å²) in [6, 6.07) is 13.9. The van der Waals surface area contributed by atoms with Crippen LogP contribution in [0, 0.1) is 0 Å². The molecule has 0 unspecified atom stereocenters. The number of benzene rings is 2. The van der Waals surface area contributed by atoms with Crippen LogP contribution in [0.1, 0.15) is 31.3 Å². The van der Waals surface area contributed by atoms with Gasteiger partial charge in [-0.1, -0.05) is 22.5 Å². The van der Waals surface area contributed by atoms with Gasteiger partial charge in [0.05, 0.1) is 19.0 Å². The van der Waals surface area contributed by atoms with Gasteiger partial charge in [-0.25, -0.2) is 4.68 Å². The average molecular weight is 349 g/mol. The molecule has 2 heterocycles. The van der Waals surface area contributed by atoms with Gasteiger partial charge in [0.1, 0.15) is 11.3 Å². The van der Waals surface area contributed by atoms with E-state index in [9.17, 15) is 0 Å². The zero-order chi connectivity index (χ0) is 18.1. The molecule has 7 nitrogen and oxygen atoms in total. The van der Waals surface area contributed by atoms with Gasteiger partial charge in [-0.3, -0.25) is 0 Å². The van der Waals surface area contributed by atoms with Gasteiger partial charge in [-0.2, -0.15) is 4.98 Å². The number of hydrogen-bond acceptors (Lipinski definition) is 6. The van der Waals surface area contributed by atoms with Crippen LogP contribution in [0.3, 0.4) is 0 Å². The summed E-state index contributed by atoms with van der Waals surface area (Å²) >= 11 is 0. The van der Waals surface area contributed by atoms with Crippen molar-refractivity contribution in [1.82, 2.24) is 25.1 Å². The molecule has 0 amide bonds. The minimum Gasteiger partial charge on any atom is -0.497 e. The van der Waals surface area contributed by atoms with Crippen molar-refractivity contribution >= 4 is 11.0 Å². The normalized spacial score (nSPS) is 11.4. The number of methoxy groups -OCH3 is 1. The Morgan fingerprint density at radius 2 is 1.92 bits per heavy atom. The molecular weight excluding hydrogens is 330 g/mol. The van der Waals surface area contributed by atoms with E-state index in [2.05, 4.69) is 34.3 Å². The fourth-order valence-electron chi connectivity index (χ4n) is 2.82. The van der Waals surface area contributed by atoms with Crippen LogP contribution < -0.4 is 4.74 Å². The van der Waals surface area contributed by atoms with Crippen molar-refractivity contribution in [3.05, 3.63) is 53.9 Å². The van der Waals surface area contributed by atoms with E-state index < -0.39 is 0 Å². The highest BCUT2D eigenvalue weighted by molar-refractivity contribution is 5.80. The highest BCUT2D eigenvalue weighted by Crippen LogP contribution is 2.23. The predicted octanol–water partition coefficient (Wildman–Crippen LogP) is 3.66. The maximum Gasteiger partial charge on any atom is 0.231 e. The van der Waals surface area contributed by atoms with Crippen molar-refractivity contribution in [1.29, 1.82) is 0 Å². The SMILES string of the molecule is COc1ccc(Cc2nc(-c3ccc4nnn(C(C)C)c4c3)no2)cc1. The molecule has 0 spiro atoms. The number of fused-ring (bicyclic) bond motifs is 1. The van der Waals surface area contributed by atoms with E-state index in [0.717, 1.165) is 27.9 Å². The molecule has 2 aromatic carbocycles. The molecule has 0 saturated carbocycles. The molecule has 0 radical (unpaired) electrons. The summed E-state index contributed by atoms with van der Waals surface area (Å²) in [5.74, 6) is 1.95. The monoisotopic (exact) mass is 349 g/mol. The van der Waals surface area contributed by atoms with Gasteiger partial charge in [0.25, 0.3) is 0 Å². The zero-order valence-corrected chi connectivity index (χ0v) is 14.9. The fourth-order valence-corrected chi connectivity index (χ4v) is 2.82. The third-order valence-electron chi connectivity index (χ3n) is 4.20. The lowest BCUT2D eigenvalue weighted by Gasteiger charge is -2.05. The summed E-state index contributed by atoms with van der Waals surface area (Å²) in [5, 5.41) is 12.5. The Morgan fingerprint density at radius 3 is 2.65 bits per heavy atom. The highest BCUT2D eigenvalue weighted by Gasteiger charge is 2.13. The van der Waals surface area contributed by atoms with Crippen LogP contribution in [0.25, 0.3) is 22.4 Å². The van der Waals surface area contributed by atoms with Crippen molar-refractivity contribution in [2.45, 2.75) is 26.3 Å². The first-order valence-corrected chi connectivity index (χ1v) is 8.45. The highest BCUT2D eigenvalue weighted by atomic mass is 16.5. The molecule has 132 valence electrons. The lowest BCUT2D eigenvalue weighted by molar-refractivity contribution is 0.385. The lowest BCUT2D eigenvalue weighted by atomic mass is 10.1. The summed E-state index contributed by atoms with van der Waals surface area (Å²) in [6.45, 7) is 4.14. The molecule has 0 fully saturated rings. The summed E-state index contributed by atoms with van der Waals surface area (Å²) in [6.07, 6.45) is 0.574. The minimum absolute atomic E-state index is 0.228. The van der Waals surface area contributed by atoms with Gasteiger partial charge in [0.15, 0.2) is 0 Å². The van der Waals surface area contributed by atoms with Crippen molar-refractivity contribution < 1.29 is 9.26 Å². The first-order valence-electron chi connectivity index (χ1n) is 8.45. The maximum absolute atomic E-state index is 5.42. The second-order valence-electron chi connectivity index (χ2n) is 6.37. The molecule has 0 aliphatic heterocycles. The molecule has 0 aliphatic rings. The van der Waals surface area contributed by atoms with Crippen molar-refractivity contribution in [2.75, 3.05) is 7.11 Å². The first-order chi connectivity index (χ1) is 12.6. The summed E-state index contributed by atoms with van der Waals surface area (Å²) in [5.41, 5.74) is 3.77. The standard InChI is InChI=1S/C19H19N5O2/c1-12(2)24-17-11-14(6-9-16(17)21-23-24)19-20-18(26-22-19)10-13-4-7-15(25-3)8-5-13/h4-9,11-12H,10H2,1-3H3. The van der Waals surface area contributed by atoms with E-state index in [-0.39, 0.29) is 6.04 Å². The van der Waals surface area contributed by atoms with E-state index >= 15 is 0 Å². The molecule has 4 aromatic rings. The molecule has 4 rings (SSSR count). The Kier molecular flexibility index (Phi) is 4.12. The largest absolute Gasteiger partial charge is 0.497 e. The van der Waals surface area contributed by atoms with E-state index in [1.54, 1.807) is 7.11 Å². The maximum atomic E-state index is 5.42.